The zero-order valence-electron chi connectivity index (χ0n) is 17.6. The van der Waals surface area contributed by atoms with Crippen molar-refractivity contribution in [2.24, 2.45) is 0 Å². The lowest BCUT2D eigenvalue weighted by Gasteiger charge is -2.05. The van der Waals surface area contributed by atoms with E-state index in [1.54, 1.807) is 19.8 Å². The summed E-state index contributed by atoms with van der Waals surface area (Å²) in [5, 5.41) is 17.5. The van der Waals surface area contributed by atoms with Gasteiger partial charge >= 0.3 is 17.9 Å². The quantitative estimate of drug-likeness (QED) is 0.208. The molecule has 0 fully saturated rings. The molecule has 0 amide bonds. The second kappa shape index (κ2) is 10.3. The molecule has 14 heteroatoms. The number of hydrogen-bond acceptors (Lipinski definition) is 8. The molecule has 0 saturated carbocycles. The van der Waals surface area contributed by atoms with Crippen LogP contribution in [0.4, 0.5) is 17.6 Å². The summed E-state index contributed by atoms with van der Waals surface area (Å²) in [6.45, 7) is 2.97. The van der Waals surface area contributed by atoms with Gasteiger partial charge in [0.25, 0.3) is 5.92 Å². The predicted octanol–water partition coefficient (Wildman–Crippen LogP) is 0.661. The van der Waals surface area contributed by atoms with Crippen molar-refractivity contribution in [3.05, 3.63) is 23.1 Å². The third-order valence-electron chi connectivity index (χ3n) is 4.14. The molecule has 10 nitrogen and oxygen atoms in total. The number of halogens is 4. The van der Waals surface area contributed by atoms with Crippen molar-refractivity contribution in [2.45, 2.75) is 51.6 Å². The van der Waals surface area contributed by atoms with E-state index in [1.165, 1.54) is 6.07 Å². The van der Waals surface area contributed by atoms with E-state index in [0.717, 1.165) is 9.36 Å². The van der Waals surface area contributed by atoms with E-state index in [4.69, 9.17) is 4.74 Å². The molecule has 0 aromatic carbocycles. The highest BCUT2D eigenvalue weighted by atomic mass is 19.3. The van der Waals surface area contributed by atoms with Gasteiger partial charge in [-0.15, -0.1) is 6.42 Å². The average Bonchev–Trinajstić information content (AvgIpc) is 3.42. The number of esters is 2. The van der Waals surface area contributed by atoms with E-state index in [-0.39, 0.29) is 24.4 Å². The monoisotopic (exact) mass is 476 g/mol. The number of rotatable bonds is 3. The van der Waals surface area contributed by atoms with Crippen LogP contribution in [0.15, 0.2) is 10.6 Å². The number of aromatic nitrogens is 4. The molecule has 2 aromatic heterocycles. The minimum absolute atomic E-state index is 0.0463. The molecule has 33 heavy (non-hydrogen) atoms. The van der Waals surface area contributed by atoms with Crippen molar-refractivity contribution < 1.29 is 50.9 Å². The smallest absolute Gasteiger partial charge is 0.384 e. The lowest BCUT2D eigenvalue weighted by Crippen LogP contribution is -2.38. The molecule has 0 aliphatic carbocycles. The minimum Gasteiger partial charge on any atom is -0.539 e. The SMILES string of the molecule is C#CC(=O)OCC.CCOC(=O)c1cc2n(n1)CC(F)(F)C2.[O-]c1on[n+]2c1CC(F)(F)C2. The lowest BCUT2D eigenvalue weighted by molar-refractivity contribution is -0.765. The van der Waals surface area contributed by atoms with Gasteiger partial charge in [-0.05, 0) is 19.9 Å². The van der Waals surface area contributed by atoms with Crippen LogP contribution in [0.1, 0.15) is 35.7 Å². The molecule has 2 aliphatic heterocycles. The third-order valence-corrected chi connectivity index (χ3v) is 4.14. The van der Waals surface area contributed by atoms with Crippen LogP contribution in [0.2, 0.25) is 0 Å². The molecule has 0 unspecified atom stereocenters. The summed E-state index contributed by atoms with van der Waals surface area (Å²) in [5.74, 6) is -5.69. The predicted molar refractivity (Wildman–Crippen MR) is 97.1 cm³/mol. The van der Waals surface area contributed by atoms with Gasteiger partial charge in [0.05, 0.1) is 24.9 Å². The van der Waals surface area contributed by atoms with Gasteiger partial charge in [0.2, 0.25) is 12.2 Å². The molecule has 0 N–H and O–H groups in total. The average molecular weight is 476 g/mol. The number of ether oxygens (including phenoxy) is 2. The maximum Gasteiger partial charge on any atom is 0.384 e. The largest absolute Gasteiger partial charge is 0.539 e. The molecule has 0 saturated heterocycles. The van der Waals surface area contributed by atoms with Crippen molar-refractivity contribution in [3.8, 4) is 18.3 Å². The Hall–Kier alpha value is -3.63. The molecule has 0 bridgehead atoms. The number of fused-ring (bicyclic) bond motifs is 2. The summed E-state index contributed by atoms with van der Waals surface area (Å²) in [5.41, 5.74) is 0.431. The molecular formula is C19H20F4N4O6. The Morgan fingerprint density at radius 2 is 1.91 bits per heavy atom. The first-order valence-electron chi connectivity index (χ1n) is 9.60. The van der Waals surface area contributed by atoms with Gasteiger partial charge in [-0.1, -0.05) is 4.68 Å². The minimum atomic E-state index is -2.84. The standard InChI is InChI=1S/C9H10F2N2O2.C5H4F2N2O2.C5H6O2/c1-2-15-8(14)7-3-6-4-9(10,11)5-13(6)12-7;6-5(7)1-3-4(10)11-8-9(3)2-5;1-3-5(6)7-4-2/h3H,2,4-5H2,1H3;1-2H2;1H,4H2,2H3. The molecule has 2 aliphatic rings. The summed E-state index contributed by atoms with van der Waals surface area (Å²) >= 11 is 0. The fourth-order valence-electron chi connectivity index (χ4n) is 2.85. The molecule has 180 valence electrons. The van der Waals surface area contributed by atoms with Crippen LogP contribution >= 0.6 is 0 Å². The molecule has 0 radical (unpaired) electrons. The second-order valence-electron chi connectivity index (χ2n) is 6.79. The molecular weight excluding hydrogens is 456 g/mol. The van der Waals surface area contributed by atoms with Gasteiger partial charge in [0, 0.05) is 11.6 Å². The fourth-order valence-corrected chi connectivity index (χ4v) is 2.85. The van der Waals surface area contributed by atoms with Crippen LogP contribution in [0, 0.1) is 12.3 Å². The van der Waals surface area contributed by atoms with Crippen molar-refractivity contribution in [3.63, 3.8) is 0 Å². The van der Waals surface area contributed by atoms with Gasteiger partial charge in [-0.2, -0.15) is 13.9 Å². The number of terminal acetylenes is 1. The number of carbonyl (C=O) groups excluding carboxylic acids is 2. The highest BCUT2D eigenvalue weighted by Crippen LogP contribution is 2.29. The van der Waals surface area contributed by atoms with Crippen molar-refractivity contribution in [1.82, 2.24) is 15.1 Å². The van der Waals surface area contributed by atoms with E-state index in [2.05, 4.69) is 26.1 Å². The first-order valence-corrected chi connectivity index (χ1v) is 9.60. The van der Waals surface area contributed by atoms with Crippen LogP contribution < -0.4 is 9.79 Å². The van der Waals surface area contributed by atoms with Gasteiger partial charge in [-0.3, -0.25) is 4.68 Å². The fraction of sp³-hybridized carbons (Fsp3) is 0.526. The summed E-state index contributed by atoms with van der Waals surface area (Å²) in [6, 6.07) is 1.36. The highest BCUT2D eigenvalue weighted by molar-refractivity contribution is 5.87. The Kier molecular flexibility index (Phi) is 8.02. The molecule has 4 heterocycles. The number of hydrogen-bond donors (Lipinski definition) is 0. The summed E-state index contributed by atoms with van der Waals surface area (Å²) in [4.78, 5) is 21.2. The van der Waals surface area contributed by atoms with E-state index in [0.29, 0.717) is 12.3 Å². The second-order valence-corrected chi connectivity index (χ2v) is 6.79. The van der Waals surface area contributed by atoms with Crippen molar-refractivity contribution in [2.75, 3.05) is 13.2 Å². The number of nitrogens with zero attached hydrogens (tertiary/aromatic N) is 4. The summed E-state index contributed by atoms with van der Waals surface area (Å²) < 4.78 is 66.0. The van der Waals surface area contributed by atoms with Crippen molar-refractivity contribution in [1.29, 1.82) is 0 Å². The summed E-state index contributed by atoms with van der Waals surface area (Å²) in [7, 11) is 0. The first kappa shape index (κ1) is 25.6. The zero-order valence-corrected chi connectivity index (χ0v) is 17.6. The van der Waals surface area contributed by atoms with Gasteiger partial charge in [0.1, 0.15) is 13.0 Å². The first-order chi connectivity index (χ1) is 15.4. The maximum absolute atomic E-state index is 12.9. The van der Waals surface area contributed by atoms with Gasteiger partial charge < -0.3 is 19.1 Å². The Morgan fingerprint density at radius 3 is 2.42 bits per heavy atom. The van der Waals surface area contributed by atoms with Crippen molar-refractivity contribution >= 4 is 11.9 Å². The van der Waals surface area contributed by atoms with E-state index in [9.17, 15) is 32.3 Å². The van der Waals surface area contributed by atoms with Crippen LogP contribution in [0.5, 0.6) is 5.95 Å². The molecule has 0 atom stereocenters. The Labute approximate surface area is 185 Å². The Bertz CT molecular complexity index is 1020. The van der Waals surface area contributed by atoms with E-state index < -0.39 is 49.2 Å². The zero-order chi connectivity index (χ0) is 24.8. The van der Waals surface area contributed by atoms with Crippen LogP contribution in [0.3, 0.4) is 0 Å². The molecule has 2 aromatic rings. The van der Waals surface area contributed by atoms with Gasteiger partial charge in [-0.25, -0.2) is 18.4 Å². The van der Waals surface area contributed by atoms with Crippen LogP contribution in [0.25, 0.3) is 0 Å². The van der Waals surface area contributed by atoms with Crippen LogP contribution in [-0.2, 0) is 40.2 Å². The van der Waals surface area contributed by atoms with Gasteiger partial charge in [0.15, 0.2) is 11.6 Å². The lowest BCUT2D eigenvalue weighted by atomic mass is 10.2. The highest BCUT2D eigenvalue weighted by Gasteiger charge is 2.47. The Morgan fingerprint density at radius 1 is 1.24 bits per heavy atom. The normalized spacial score (nSPS) is 16.2. The molecule has 4 rings (SSSR count). The Balaban J connectivity index is 0.000000189. The summed E-state index contributed by atoms with van der Waals surface area (Å²) in [6.07, 6.45) is 3.71. The third kappa shape index (κ3) is 6.93. The van der Waals surface area contributed by atoms with Crippen LogP contribution in [-0.4, -0.2) is 52.0 Å². The molecule has 0 spiro atoms. The topological polar surface area (TPSA) is 123 Å². The number of alkyl halides is 4. The van der Waals surface area contributed by atoms with E-state index >= 15 is 0 Å². The van der Waals surface area contributed by atoms with E-state index in [1.807, 2.05) is 0 Å². The number of carbonyl (C=O) groups is 2. The maximum atomic E-state index is 12.9.